The second kappa shape index (κ2) is 6.14. The number of hydrogen-bond donors (Lipinski definition) is 0. The number of ether oxygens (including phenoxy) is 2. The van der Waals surface area contributed by atoms with Crippen molar-refractivity contribution in [2.24, 2.45) is 0 Å². The fraction of sp³-hybridized carbons (Fsp3) is 0.909. The lowest BCUT2D eigenvalue weighted by atomic mass is 10.1. The van der Waals surface area contributed by atoms with Crippen molar-refractivity contribution in [2.75, 3.05) is 13.2 Å². The number of aldehydes is 1. The first-order valence-corrected chi connectivity index (χ1v) is 5.57. The minimum absolute atomic E-state index is 0.549. The minimum Gasteiger partial charge on any atom is -0.341 e. The molecule has 0 atom stereocenters. The maximum Gasteiger partial charge on any atom is 0.225 e. The number of hydrogen-bond acceptors (Lipinski definition) is 3. The van der Waals surface area contributed by atoms with Gasteiger partial charge < -0.3 is 9.47 Å². The summed E-state index contributed by atoms with van der Waals surface area (Å²) in [6, 6.07) is 0. The molecule has 0 aromatic heterocycles. The molecular formula is C11H20O3. The summed E-state index contributed by atoms with van der Waals surface area (Å²) in [4.78, 5) is 10.8. The van der Waals surface area contributed by atoms with E-state index in [0.717, 1.165) is 19.1 Å². The number of unbranched alkanes of at least 4 members (excludes halogenated alkanes) is 4. The van der Waals surface area contributed by atoms with E-state index in [0.29, 0.717) is 19.6 Å². The van der Waals surface area contributed by atoms with E-state index >= 15 is 0 Å². The van der Waals surface area contributed by atoms with Gasteiger partial charge in [-0.25, -0.2) is 0 Å². The molecule has 0 amide bonds. The van der Waals surface area contributed by atoms with Crippen LogP contribution in [0.3, 0.4) is 0 Å². The largest absolute Gasteiger partial charge is 0.341 e. The van der Waals surface area contributed by atoms with Gasteiger partial charge in [0, 0.05) is 6.42 Å². The Morgan fingerprint density at radius 1 is 1.14 bits per heavy atom. The van der Waals surface area contributed by atoms with Crippen molar-refractivity contribution in [2.45, 2.75) is 51.2 Å². The molecule has 0 saturated carbocycles. The Kier molecular flexibility index (Phi) is 5.12. The van der Waals surface area contributed by atoms with Gasteiger partial charge in [0.15, 0.2) is 6.29 Å². The molecule has 1 rings (SSSR count). The highest BCUT2D eigenvalue weighted by Gasteiger charge is 2.35. The summed E-state index contributed by atoms with van der Waals surface area (Å²) in [5.41, 5.74) is 0. The van der Waals surface area contributed by atoms with Gasteiger partial charge >= 0.3 is 0 Å². The van der Waals surface area contributed by atoms with Gasteiger partial charge in [-0.2, -0.15) is 0 Å². The van der Waals surface area contributed by atoms with E-state index in [1.807, 2.05) is 0 Å². The van der Waals surface area contributed by atoms with Crippen LogP contribution in [0.5, 0.6) is 0 Å². The summed E-state index contributed by atoms with van der Waals surface area (Å²) in [7, 11) is 0. The Balaban J connectivity index is 2.12. The van der Waals surface area contributed by atoms with Gasteiger partial charge in [-0.3, -0.25) is 4.79 Å². The third-order valence-electron chi connectivity index (χ3n) is 2.58. The molecule has 1 aliphatic rings. The van der Waals surface area contributed by atoms with Gasteiger partial charge in [-0.15, -0.1) is 0 Å². The molecule has 1 heterocycles. The highest BCUT2D eigenvalue weighted by Crippen LogP contribution is 2.23. The van der Waals surface area contributed by atoms with E-state index in [9.17, 15) is 4.79 Å². The molecule has 1 fully saturated rings. The number of carbonyl (C=O) groups excluding carboxylic acids is 1. The van der Waals surface area contributed by atoms with Gasteiger partial charge in [-0.05, 0) is 6.42 Å². The summed E-state index contributed by atoms with van der Waals surface area (Å²) in [6.45, 7) is 3.29. The lowest BCUT2D eigenvalue weighted by molar-refractivity contribution is -0.169. The van der Waals surface area contributed by atoms with E-state index in [1.165, 1.54) is 19.3 Å². The van der Waals surface area contributed by atoms with Crippen molar-refractivity contribution in [3.05, 3.63) is 0 Å². The molecule has 0 bridgehead atoms. The molecule has 0 radical (unpaired) electrons. The van der Waals surface area contributed by atoms with Crippen molar-refractivity contribution in [1.82, 2.24) is 0 Å². The minimum atomic E-state index is -0.897. The summed E-state index contributed by atoms with van der Waals surface area (Å²) < 4.78 is 10.6. The smallest absolute Gasteiger partial charge is 0.225 e. The van der Waals surface area contributed by atoms with E-state index in [-0.39, 0.29) is 0 Å². The predicted molar refractivity (Wildman–Crippen MR) is 54.1 cm³/mol. The lowest BCUT2D eigenvalue weighted by Gasteiger charge is -2.19. The van der Waals surface area contributed by atoms with Crippen molar-refractivity contribution < 1.29 is 14.3 Å². The van der Waals surface area contributed by atoms with Crippen LogP contribution in [0.15, 0.2) is 0 Å². The second-order valence-corrected chi connectivity index (χ2v) is 3.79. The molecule has 0 spiro atoms. The number of rotatable bonds is 7. The zero-order valence-electron chi connectivity index (χ0n) is 8.96. The molecule has 0 unspecified atom stereocenters. The van der Waals surface area contributed by atoms with Gasteiger partial charge in [0.25, 0.3) is 0 Å². The zero-order valence-corrected chi connectivity index (χ0v) is 8.96. The average molecular weight is 200 g/mol. The van der Waals surface area contributed by atoms with Gasteiger partial charge in [0.05, 0.1) is 13.2 Å². The Labute approximate surface area is 85.8 Å². The Morgan fingerprint density at radius 2 is 1.79 bits per heavy atom. The summed E-state index contributed by atoms with van der Waals surface area (Å²) >= 11 is 0. The molecule has 3 nitrogen and oxygen atoms in total. The average Bonchev–Trinajstić information content (AvgIpc) is 2.67. The van der Waals surface area contributed by atoms with Crippen LogP contribution >= 0.6 is 0 Å². The van der Waals surface area contributed by atoms with Crippen molar-refractivity contribution in [3.63, 3.8) is 0 Å². The van der Waals surface area contributed by atoms with Crippen LogP contribution in [0, 0.1) is 0 Å². The van der Waals surface area contributed by atoms with Crippen LogP contribution in [-0.4, -0.2) is 25.3 Å². The molecule has 3 heteroatoms. The molecule has 0 aromatic carbocycles. The molecule has 82 valence electrons. The fourth-order valence-electron chi connectivity index (χ4n) is 1.72. The second-order valence-electron chi connectivity index (χ2n) is 3.79. The maximum atomic E-state index is 10.8. The third-order valence-corrected chi connectivity index (χ3v) is 2.58. The van der Waals surface area contributed by atoms with Crippen LogP contribution in [0.25, 0.3) is 0 Å². The van der Waals surface area contributed by atoms with Crippen molar-refractivity contribution >= 4 is 6.29 Å². The molecular weight excluding hydrogens is 180 g/mol. The SMILES string of the molecule is CCCCCCCC1(C=O)OCCO1. The first-order valence-electron chi connectivity index (χ1n) is 5.57. The van der Waals surface area contributed by atoms with Crippen LogP contribution in [0.1, 0.15) is 45.4 Å². The van der Waals surface area contributed by atoms with Crippen LogP contribution in [0.2, 0.25) is 0 Å². The molecule has 1 saturated heterocycles. The maximum absolute atomic E-state index is 10.8. The normalized spacial score (nSPS) is 19.8. The van der Waals surface area contributed by atoms with Crippen LogP contribution < -0.4 is 0 Å². The zero-order chi connectivity index (χ0) is 10.3. The molecule has 0 aromatic rings. The molecule has 0 aliphatic carbocycles. The molecule has 0 N–H and O–H groups in total. The van der Waals surface area contributed by atoms with E-state index < -0.39 is 5.79 Å². The fourth-order valence-corrected chi connectivity index (χ4v) is 1.72. The Morgan fingerprint density at radius 3 is 2.36 bits per heavy atom. The van der Waals surface area contributed by atoms with Gasteiger partial charge in [-0.1, -0.05) is 32.6 Å². The summed E-state index contributed by atoms with van der Waals surface area (Å²) in [5, 5.41) is 0. The Bertz CT molecular complexity index is 162. The van der Waals surface area contributed by atoms with E-state index in [2.05, 4.69) is 6.92 Å². The Hall–Kier alpha value is -0.410. The third kappa shape index (κ3) is 3.39. The van der Waals surface area contributed by atoms with E-state index in [4.69, 9.17) is 9.47 Å². The first kappa shape index (κ1) is 11.7. The van der Waals surface area contributed by atoms with Crippen LogP contribution in [0.4, 0.5) is 0 Å². The topological polar surface area (TPSA) is 35.5 Å². The standard InChI is InChI=1S/C11H20O3/c1-2-3-4-5-6-7-11(10-12)13-8-9-14-11/h10H,2-9H2,1H3. The summed E-state index contributed by atoms with van der Waals surface area (Å²) in [6.07, 6.45) is 7.45. The molecule has 14 heavy (non-hydrogen) atoms. The van der Waals surface area contributed by atoms with Crippen molar-refractivity contribution in [1.29, 1.82) is 0 Å². The van der Waals surface area contributed by atoms with Gasteiger partial charge in [0.2, 0.25) is 5.79 Å². The monoisotopic (exact) mass is 200 g/mol. The quantitative estimate of drug-likeness (QED) is 0.467. The van der Waals surface area contributed by atoms with Crippen molar-refractivity contribution in [3.8, 4) is 0 Å². The number of carbonyl (C=O) groups is 1. The first-order chi connectivity index (χ1) is 6.83. The predicted octanol–water partition coefficient (Wildman–Crippen LogP) is 2.29. The van der Waals surface area contributed by atoms with E-state index in [1.54, 1.807) is 0 Å². The molecule has 1 aliphatic heterocycles. The highest BCUT2D eigenvalue weighted by molar-refractivity contribution is 5.60. The summed E-state index contributed by atoms with van der Waals surface area (Å²) in [5.74, 6) is -0.897. The van der Waals surface area contributed by atoms with Gasteiger partial charge in [0.1, 0.15) is 0 Å². The van der Waals surface area contributed by atoms with Crippen LogP contribution in [-0.2, 0) is 14.3 Å². The highest BCUT2D eigenvalue weighted by atomic mass is 16.7. The lowest BCUT2D eigenvalue weighted by Crippen LogP contribution is -2.31.